The second kappa shape index (κ2) is 8.35. The van der Waals surface area contributed by atoms with Crippen molar-refractivity contribution < 1.29 is 0 Å². The maximum absolute atomic E-state index is 6.23. The van der Waals surface area contributed by atoms with Gasteiger partial charge in [-0.25, -0.2) is 0 Å². The lowest BCUT2D eigenvalue weighted by atomic mass is 9.77. The summed E-state index contributed by atoms with van der Waals surface area (Å²) in [5, 5.41) is 4.95. The van der Waals surface area contributed by atoms with E-state index in [1.807, 2.05) is 12.1 Å². The number of fused-ring (bicyclic) bond motifs is 1. The molecule has 128 valence electrons. The zero-order valence-corrected chi connectivity index (χ0v) is 15.3. The molecule has 0 unspecified atom stereocenters. The molecular weight excluding hydrogens is 339 g/mol. The highest BCUT2D eigenvalue weighted by molar-refractivity contribution is 6.42. The number of halogens is 2. The Labute approximate surface area is 154 Å². The third-order valence-corrected chi connectivity index (χ3v) is 5.60. The van der Waals surface area contributed by atoms with Crippen molar-refractivity contribution in [1.29, 1.82) is 0 Å². The molecule has 0 fully saturated rings. The molecule has 4 heteroatoms. The summed E-state index contributed by atoms with van der Waals surface area (Å²) in [7, 11) is 0. The third-order valence-electron chi connectivity index (χ3n) is 4.86. The number of nitrogens with two attached hydrogens (primary N) is 1. The zero-order valence-electron chi connectivity index (χ0n) is 13.8. The normalized spacial score (nSPS) is 20.0. The molecule has 24 heavy (non-hydrogen) atoms. The molecular formula is C20H24Cl2N2. The van der Waals surface area contributed by atoms with Crippen LogP contribution in [-0.2, 0) is 0 Å². The quantitative estimate of drug-likeness (QED) is 0.685. The first-order valence-electron chi connectivity index (χ1n) is 8.68. The summed E-state index contributed by atoms with van der Waals surface area (Å²) in [6, 6.07) is 15.2. The molecule has 0 radical (unpaired) electrons. The molecule has 2 atom stereocenters. The summed E-state index contributed by atoms with van der Waals surface area (Å²) in [6.07, 6.45) is 4.45. The molecule has 2 aromatic rings. The van der Waals surface area contributed by atoms with Crippen molar-refractivity contribution in [3.63, 3.8) is 0 Å². The van der Waals surface area contributed by atoms with Crippen LogP contribution in [-0.4, -0.2) is 13.1 Å². The summed E-state index contributed by atoms with van der Waals surface area (Å²) in [5.74, 6) is 0.387. The maximum atomic E-state index is 6.23. The predicted octanol–water partition coefficient (Wildman–Crippen LogP) is 5.29. The monoisotopic (exact) mass is 362 g/mol. The van der Waals surface area contributed by atoms with Crippen molar-refractivity contribution in [1.82, 2.24) is 5.32 Å². The SMILES string of the molecule is NCCCCN[C@@H]1CC[C@H](c2ccc(Cl)c(Cl)c2)c2ccccc21. The average molecular weight is 363 g/mol. The van der Waals surface area contributed by atoms with E-state index < -0.39 is 0 Å². The van der Waals surface area contributed by atoms with Crippen LogP contribution in [0.1, 0.15) is 54.3 Å². The van der Waals surface area contributed by atoms with Crippen molar-refractivity contribution in [2.75, 3.05) is 13.1 Å². The van der Waals surface area contributed by atoms with Crippen LogP contribution in [0.15, 0.2) is 42.5 Å². The second-order valence-corrected chi connectivity index (χ2v) is 7.25. The van der Waals surface area contributed by atoms with Crippen LogP contribution in [0.2, 0.25) is 10.0 Å². The Bertz CT molecular complexity index is 687. The molecule has 1 aliphatic rings. The molecule has 2 nitrogen and oxygen atoms in total. The van der Waals surface area contributed by atoms with Gasteiger partial charge in [-0.05, 0) is 67.6 Å². The fourth-order valence-corrected chi connectivity index (χ4v) is 3.93. The van der Waals surface area contributed by atoms with E-state index in [0.717, 1.165) is 38.8 Å². The molecule has 0 aromatic heterocycles. The minimum atomic E-state index is 0.387. The van der Waals surface area contributed by atoms with E-state index in [1.54, 1.807) is 0 Å². The highest BCUT2D eigenvalue weighted by Crippen LogP contribution is 2.42. The smallest absolute Gasteiger partial charge is 0.0595 e. The zero-order chi connectivity index (χ0) is 16.9. The van der Waals surface area contributed by atoms with Crippen LogP contribution in [0, 0.1) is 0 Å². The lowest BCUT2D eigenvalue weighted by molar-refractivity contribution is 0.435. The van der Waals surface area contributed by atoms with Gasteiger partial charge in [0.25, 0.3) is 0 Å². The third kappa shape index (κ3) is 3.94. The van der Waals surface area contributed by atoms with Gasteiger partial charge in [0.05, 0.1) is 10.0 Å². The summed E-state index contributed by atoms with van der Waals surface area (Å²) in [5.41, 5.74) is 9.64. The Morgan fingerprint density at radius 1 is 0.958 bits per heavy atom. The van der Waals surface area contributed by atoms with Gasteiger partial charge in [-0.1, -0.05) is 53.5 Å². The van der Waals surface area contributed by atoms with E-state index in [1.165, 1.54) is 16.7 Å². The largest absolute Gasteiger partial charge is 0.330 e. The van der Waals surface area contributed by atoms with Gasteiger partial charge in [0.1, 0.15) is 0 Å². The van der Waals surface area contributed by atoms with Crippen LogP contribution < -0.4 is 11.1 Å². The predicted molar refractivity (Wildman–Crippen MR) is 103 cm³/mol. The molecule has 1 aliphatic carbocycles. The Hall–Kier alpha value is -1.06. The highest BCUT2D eigenvalue weighted by Gasteiger charge is 2.27. The summed E-state index contributed by atoms with van der Waals surface area (Å²) in [4.78, 5) is 0. The first-order chi connectivity index (χ1) is 11.7. The minimum absolute atomic E-state index is 0.387. The first-order valence-corrected chi connectivity index (χ1v) is 9.43. The second-order valence-electron chi connectivity index (χ2n) is 6.43. The van der Waals surface area contributed by atoms with E-state index in [9.17, 15) is 0 Å². The fraction of sp³-hybridized carbons (Fsp3) is 0.400. The van der Waals surface area contributed by atoms with Gasteiger partial charge in [0, 0.05) is 12.0 Å². The Kier molecular flexibility index (Phi) is 6.18. The Balaban J connectivity index is 1.82. The summed E-state index contributed by atoms with van der Waals surface area (Å²) in [6.45, 7) is 1.79. The lowest BCUT2D eigenvalue weighted by Gasteiger charge is -2.32. The van der Waals surface area contributed by atoms with Crippen LogP contribution in [0.4, 0.5) is 0 Å². The molecule has 3 N–H and O–H groups in total. The Morgan fingerprint density at radius 2 is 1.75 bits per heavy atom. The average Bonchev–Trinajstić information content (AvgIpc) is 2.61. The van der Waals surface area contributed by atoms with Gasteiger partial charge in [0.15, 0.2) is 0 Å². The number of nitrogens with one attached hydrogen (secondary N) is 1. The molecule has 0 aliphatic heterocycles. The minimum Gasteiger partial charge on any atom is -0.330 e. The number of rotatable bonds is 6. The molecule has 0 saturated carbocycles. The van der Waals surface area contributed by atoms with E-state index in [0.29, 0.717) is 22.0 Å². The molecule has 0 amide bonds. The number of hydrogen-bond acceptors (Lipinski definition) is 2. The van der Waals surface area contributed by atoms with E-state index in [-0.39, 0.29) is 0 Å². The number of hydrogen-bond donors (Lipinski definition) is 2. The highest BCUT2D eigenvalue weighted by atomic mass is 35.5. The standard InChI is InChI=1S/C20H24Cl2N2/c21-18-9-7-14(13-19(18)22)15-8-10-20(24-12-4-3-11-23)17-6-2-1-5-16(15)17/h1-2,5-7,9,13,15,20,24H,3-4,8,10-12,23H2/t15-,20-/m1/s1. The van der Waals surface area contributed by atoms with Crippen LogP contribution in [0.25, 0.3) is 0 Å². The molecule has 0 saturated heterocycles. The molecule has 2 aromatic carbocycles. The van der Waals surface area contributed by atoms with Gasteiger partial charge < -0.3 is 11.1 Å². The summed E-state index contributed by atoms with van der Waals surface area (Å²) < 4.78 is 0. The van der Waals surface area contributed by atoms with E-state index in [4.69, 9.17) is 28.9 Å². The van der Waals surface area contributed by atoms with Gasteiger partial charge in [-0.3, -0.25) is 0 Å². The van der Waals surface area contributed by atoms with E-state index >= 15 is 0 Å². The van der Waals surface area contributed by atoms with Crippen LogP contribution in [0.3, 0.4) is 0 Å². The molecule has 0 heterocycles. The van der Waals surface area contributed by atoms with Crippen LogP contribution >= 0.6 is 23.2 Å². The van der Waals surface area contributed by atoms with Crippen molar-refractivity contribution >= 4 is 23.2 Å². The van der Waals surface area contributed by atoms with Gasteiger partial charge >= 0.3 is 0 Å². The molecule has 0 spiro atoms. The fourth-order valence-electron chi connectivity index (χ4n) is 3.62. The van der Waals surface area contributed by atoms with Crippen molar-refractivity contribution in [3.05, 3.63) is 69.2 Å². The van der Waals surface area contributed by atoms with E-state index in [2.05, 4.69) is 35.6 Å². The number of unbranched alkanes of at least 4 members (excludes halogenated alkanes) is 1. The maximum Gasteiger partial charge on any atom is 0.0595 e. The molecule has 3 rings (SSSR count). The van der Waals surface area contributed by atoms with Crippen molar-refractivity contribution in [2.24, 2.45) is 5.73 Å². The first kappa shape index (κ1) is 17.8. The molecule has 0 bridgehead atoms. The summed E-state index contributed by atoms with van der Waals surface area (Å²) >= 11 is 12.3. The topological polar surface area (TPSA) is 38.0 Å². The van der Waals surface area contributed by atoms with Crippen molar-refractivity contribution in [2.45, 2.75) is 37.6 Å². The van der Waals surface area contributed by atoms with Gasteiger partial charge in [-0.2, -0.15) is 0 Å². The van der Waals surface area contributed by atoms with Gasteiger partial charge in [-0.15, -0.1) is 0 Å². The van der Waals surface area contributed by atoms with Gasteiger partial charge in [0.2, 0.25) is 0 Å². The lowest BCUT2D eigenvalue weighted by Crippen LogP contribution is -2.28. The Morgan fingerprint density at radius 3 is 2.50 bits per heavy atom. The number of benzene rings is 2. The van der Waals surface area contributed by atoms with Crippen molar-refractivity contribution in [3.8, 4) is 0 Å². The van der Waals surface area contributed by atoms with Crippen LogP contribution in [0.5, 0.6) is 0 Å².